The maximum atomic E-state index is 12.2. The number of amides is 1. The molecule has 0 atom stereocenters. The van der Waals surface area contributed by atoms with Crippen LogP contribution in [0.2, 0.25) is 0 Å². The van der Waals surface area contributed by atoms with Gasteiger partial charge in [0.05, 0.1) is 11.3 Å². The molecule has 1 amide bonds. The minimum absolute atomic E-state index is 0.175. The Morgan fingerprint density at radius 2 is 2.15 bits per heavy atom. The summed E-state index contributed by atoms with van der Waals surface area (Å²) in [5.74, 6) is 1.79. The number of hydrogen-bond acceptors (Lipinski definition) is 7. The van der Waals surface area contributed by atoms with Crippen LogP contribution in [0.15, 0.2) is 24.4 Å². The predicted molar refractivity (Wildman–Crippen MR) is 100 cm³/mol. The summed E-state index contributed by atoms with van der Waals surface area (Å²) in [6.45, 7) is 6.41. The van der Waals surface area contributed by atoms with Crippen molar-refractivity contribution in [2.45, 2.75) is 26.8 Å². The minimum Gasteiger partial charge on any atom is -0.454 e. The van der Waals surface area contributed by atoms with Crippen LogP contribution in [-0.2, 0) is 11.3 Å². The lowest BCUT2D eigenvalue weighted by molar-refractivity contribution is 0.0943. The van der Waals surface area contributed by atoms with Crippen LogP contribution in [0.3, 0.4) is 0 Å². The standard InChI is InChI=1S/C19H24N4O4/c1-3-25-8-4-7-20-18(24)15-11-22-19(23-13(15)2)21-10-14-5-6-16-17(9-14)27-12-26-16/h5-6,9,11H,3-4,7-8,10,12H2,1-2H3,(H,20,24)(H,21,22,23). The molecule has 8 nitrogen and oxygen atoms in total. The Labute approximate surface area is 158 Å². The molecule has 27 heavy (non-hydrogen) atoms. The Hall–Kier alpha value is -2.87. The Balaban J connectivity index is 1.52. The molecule has 0 saturated heterocycles. The summed E-state index contributed by atoms with van der Waals surface area (Å²) in [4.78, 5) is 20.8. The van der Waals surface area contributed by atoms with Crippen LogP contribution >= 0.6 is 0 Å². The summed E-state index contributed by atoms with van der Waals surface area (Å²) >= 11 is 0. The van der Waals surface area contributed by atoms with Crippen molar-refractivity contribution in [1.29, 1.82) is 0 Å². The summed E-state index contributed by atoms with van der Waals surface area (Å²) in [6.07, 6.45) is 2.32. The predicted octanol–water partition coefficient (Wildman–Crippen LogP) is 2.28. The van der Waals surface area contributed by atoms with Crippen molar-refractivity contribution >= 4 is 11.9 Å². The maximum absolute atomic E-state index is 12.2. The monoisotopic (exact) mass is 372 g/mol. The largest absolute Gasteiger partial charge is 0.454 e. The fourth-order valence-corrected chi connectivity index (χ4v) is 2.62. The summed E-state index contributed by atoms with van der Waals surface area (Å²) in [5.41, 5.74) is 2.12. The van der Waals surface area contributed by atoms with Crippen LogP contribution < -0.4 is 20.1 Å². The van der Waals surface area contributed by atoms with E-state index in [0.717, 1.165) is 23.5 Å². The highest BCUT2D eigenvalue weighted by Gasteiger charge is 2.14. The highest BCUT2D eigenvalue weighted by Crippen LogP contribution is 2.32. The molecule has 8 heteroatoms. The molecule has 0 saturated carbocycles. The third kappa shape index (κ3) is 5.07. The van der Waals surface area contributed by atoms with Crippen LogP contribution in [-0.4, -0.2) is 42.4 Å². The summed E-state index contributed by atoms with van der Waals surface area (Å²) in [6, 6.07) is 5.76. The Bertz CT molecular complexity index is 797. The zero-order valence-corrected chi connectivity index (χ0v) is 15.6. The number of rotatable bonds is 9. The summed E-state index contributed by atoms with van der Waals surface area (Å²) in [7, 11) is 0. The number of hydrogen-bond donors (Lipinski definition) is 2. The first-order valence-electron chi connectivity index (χ1n) is 8.99. The quantitative estimate of drug-likeness (QED) is 0.652. The first kappa shape index (κ1) is 18.9. The van der Waals surface area contributed by atoms with Crippen molar-refractivity contribution in [2.24, 2.45) is 0 Å². The number of aryl methyl sites for hydroxylation is 1. The lowest BCUT2D eigenvalue weighted by Gasteiger charge is -2.10. The van der Waals surface area contributed by atoms with Gasteiger partial charge >= 0.3 is 0 Å². The average molecular weight is 372 g/mol. The van der Waals surface area contributed by atoms with Gasteiger partial charge in [-0.1, -0.05) is 6.07 Å². The Kier molecular flexibility index (Phi) is 6.43. The molecule has 2 heterocycles. The average Bonchev–Trinajstić information content (AvgIpc) is 3.14. The second kappa shape index (κ2) is 9.18. The highest BCUT2D eigenvalue weighted by molar-refractivity contribution is 5.94. The lowest BCUT2D eigenvalue weighted by atomic mass is 10.2. The number of fused-ring (bicyclic) bond motifs is 1. The van der Waals surface area contributed by atoms with E-state index in [9.17, 15) is 4.79 Å². The molecular weight excluding hydrogens is 348 g/mol. The third-order valence-electron chi connectivity index (χ3n) is 4.07. The molecule has 1 aromatic heterocycles. The number of aromatic nitrogens is 2. The summed E-state index contributed by atoms with van der Waals surface area (Å²) < 4.78 is 15.9. The number of nitrogens with zero attached hydrogens (tertiary/aromatic N) is 2. The molecule has 0 bridgehead atoms. The number of nitrogens with one attached hydrogen (secondary N) is 2. The van der Waals surface area contributed by atoms with Crippen LogP contribution in [0.4, 0.5) is 5.95 Å². The van der Waals surface area contributed by atoms with Crippen LogP contribution in [0.25, 0.3) is 0 Å². The smallest absolute Gasteiger partial charge is 0.254 e. The van der Waals surface area contributed by atoms with Gasteiger partial charge in [0.25, 0.3) is 5.91 Å². The molecule has 0 radical (unpaired) electrons. The first-order valence-corrected chi connectivity index (χ1v) is 8.99. The molecule has 0 unspecified atom stereocenters. The van der Waals surface area contributed by atoms with Gasteiger partial charge in [-0.2, -0.15) is 0 Å². The molecule has 1 aliphatic heterocycles. The van der Waals surface area contributed by atoms with Crippen LogP contribution in [0, 0.1) is 6.92 Å². The second-order valence-electron chi connectivity index (χ2n) is 6.04. The van der Waals surface area contributed by atoms with Crippen molar-refractivity contribution in [1.82, 2.24) is 15.3 Å². The molecule has 1 aliphatic rings. The molecule has 3 rings (SSSR count). The first-order chi connectivity index (χ1) is 13.2. The molecule has 0 fully saturated rings. The molecule has 0 aliphatic carbocycles. The Morgan fingerprint density at radius 3 is 2.96 bits per heavy atom. The number of ether oxygens (including phenoxy) is 3. The number of carbonyl (C=O) groups excluding carboxylic acids is 1. The molecule has 144 valence electrons. The van der Waals surface area contributed by atoms with E-state index in [1.165, 1.54) is 0 Å². The van der Waals surface area contributed by atoms with E-state index in [1.807, 2.05) is 25.1 Å². The zero-order valence-electron chi connectivity index (χ0n) is 15.6. The second-order valence-corrected chi connectivity index (χ2v) is 6.04. The summed E-state index contributed by atoms with van der Waals surface area (Å²) in [5, 5.41) is 6.01. The van der Waals surface area contributed by atoms with Crippen LogP contribution in [0.1, 0.15) is 35.0 Å². The van der Waals surface area contributed by atoms with Gasteiger partial charge in [-0.05, 0) is 38.0 Å². The van der Waals surface area contributed by atoms with Gasteiger partial charge in [-0.15, -0.1) is 0 Å². The van der Waals surface area contributed by atoms with Gasteiger partial charge in [0.1, 0.15) is 0 Å². The third-order valence-corrected chi connectivity index (χ3v) is 4.07. The fourth-order valence-electron chi connectivity index (χ4n) is 2.62. The highest BCUT2D eigenvalue weighted by atomic mass is 16.7. The molecule has 0 spiro atoms. The van der Waals surface area contributed by atoms with E-state index < -0.39 is 0 Å². The number of carbonyl (C=O) groups is 1. The number of benzene rings is 1. The zero-order chi connectivity index (χ0) is 19.1. The molecular formula is C19H24N4O4. The normalized spacial score (nSPS) is 12.1. The van der Waals surface area contributed by atoms with Gasteiger partial charge < -0.3 is 24.8 Å². The van der Waals surface area contributed by atoms with Crippen molar-refractivity contribution in [3.05, 3.63) is 41.2 Å². The van der Waals surface area contributed by atoms with Gasteiger partial charge in [0, 0.05) is 32.5 Å². The fraction of sp³-hybridized carbons (Fsp3) is 0.421. The van der Waals surface area contributed by atoms with Gasteiger partial charge in [0.15, 0.2) is 11.5 Å². The maximum Gasteiger partial charge on any atom is 0.254 e. The van der Waals surface area contributed by atoms with Crippen LogP contribution in [0.5, 0.6) is 11.5 Å². The van der Waals surface area contributed by atoms with E-state index in [0.29, 0.717) is 43.5 Å². The van der Waals surface area contributed by atoms with Crippen molar-refractivity contribution in [2.75, 3.05) is 31.9 Å². The van der Waals surface area contributed by atoms with E-state index in [2.05, 4.69) is 20.6 Å². The van der Waals surface area contributed by atoms with Gasteiger partial charge in [0.2, 0.25) is 12.7 Å². The number of anilines is 1. The lowest BCUT2D eigenvalue weighted by Crippen LogP contribution is -2.26. The molecule has 2 N–H and O–H groups in total. The Morgan fingerprint density at radius 1 is 1.30 bits per heavy atom. The van der Waals surface area contributed by atoms with Gasteiger partial charge in [-0.3, -0.25) is 4.79 Å². The topological polar surface area (TPSA) is 94.6 Å². The van der Waals surface area contributed by atoms with Crippen molar-refractivity contribution in [3.63, 3.8) is 0 Å². The van der Waals surface area contributed by atoms with E-state index in [1.54, 1.807) is 13.1 Å². The van der Waals surface area contributed by atoms with E-state index in [4.69, 9.17) is 14.2 Å². The van der Waals surface area contributed by atoms with E-state index >= 15 is 0 Å². The SMILES string of the molecule is CCOCCCNC(=O)c1cnc(NCc2ccc3c(c2)OCO3)nc1C. The minimum atomic E-state index is -0.175. The van der Waals surface area contributed by atoms with Gasteiger partial charge in [-0.25, -0.2) is 9.97 Å². The van der Waals surface area contributed by atoms with E-state index in [-0.39, 0.29) is 12.7 Å². The molecule has 2 aromatic rings. The van der Waals surface area contributed by atoms with Crippen molar-refractivity contribution < 1.29 is 19.0 Å². The molecule has 1 aromatic carbocycles. The van der Waals surface area contributed by atoms with Crippen molar-refractivity contribution in [3.8, 4) is 11.5 Å².